The summed E-state index contributed by atoms with van der Waals surface area (Å²) in [4.78, 5) is 23.6. The minimum atomic E-state index is -0.739. The first-order chi connectivity index (χ1) is 11.1. The summed E-state index contributed by atoms with van der Waals surface area (Å²) in [5.74, 6) is 7.16. The second-order valence-electron chi connectivity index (χ2n) is 6.75. The average molecular weight is 309 g/mol. The lowest BCUT2D eigenvalue weighted by Crippen LogP contribution is -2.26. The van der Waals surface area contributed by atoms with E-state index >= 15 is 0 Å². The number of esters is 1. The molecule has 0 spiro atoms. The highest BCUT2D eigenvalue weighted by Gasteiger charge is 2.54. The van der Waals surface area contributed by atoms with E-state index in [-0.39, 0.29) is 23.8 Å². The highest BCUT2D eigenvalue weighted by Crippen LogP contribution is 2.56. The number of cyclic esters (lactones) is 1. The number of amides is 1. The third kappa shape index (κ3) is 1.81. The fraction of sp³-hybridized carbons (Fsp3) is 0.444. The van der Waals surface area contributed by atoms with Crippen LogP contribution < -0.4 is 5.32 Å². The standard InChI is InChI=1S/C18H15NO4/c1-8-4-14(23-18(8)21)22-7-12-16-13(19-17(12)20)6-10-3-2-9-5-11(9)15(10)16/h4,7,9,11,13-14,16H,5-6H2,1H3,(H,19,20)/b12-7+/t9?,11?,13?,14?,16-/m1/s1. The molecule has 3 aliphatic carbocycles. The molecule has 1 N–H and O–H groups in total. The third-order valence-corrected chi connectivity index (χ3v) is 5.28. The molecule has 5 aliphatic rings. The highest BCUT2D eigenvalue weighted by atomic mass is 16.7. The lowest BCUT2D eigenvalue weighted by Gasteiger charge is -2.15. The first-order valence-corrected chi connectivity index (χ1v) is 7.92. The second-order valence-corrected chi connectivity index (χ2v) is 6.75. The van der Waals surface area contributed by atoms with Crippen molar-refractivity contribution in [3.63, 3.8) is 0 Å². The fourth-order valence-electron chi connectivity index (χ4n) is 4.07. The van der Waals surface area contributed by atoms with Gasteiger partial charge in [0, 0.05) is 41.5 Å². The van der Waals surface area contributed by atoms with Crippen molar-refractivity contribution in [2.45, 2.75) is 32.1 Å². The molecule has 1 saturated heterocycles. The number of hydrogen-bond donors (Lipinski definition) is 1. The maximum Gasteiger partial charge on any atom is 0.336 e. The van der Waals surface area contributed by atoms with Crippen molar-refractivity contribution in [2.24, 2.45) is 17.8 Å². The van der Waals surface area contributed by atoms with Crippen LogP contribution in [0.3, 0.4) is 0 Å². The number of ether oxygens (including phenoxy) is 2. The van der Waals surface area contributed by atoms with Gasteiger partial charge in [-0.25, -0.2) is 4.79 Å². The van der Waals surface area contributed by atoms with Crippen LogP contribution in [0.5, 0.6) is 0 Å². The fourth-order valence-corrected chi connectivity index (χ4v) is 4.07. The zero-order valence-electron chi connectivity index (χ0n) is 12.6. The van der Waals surface area contributed by atoms with Crippen LogP contribution in [0.4, 0.5) is 0 Å². The van der Waals surface area contributed by atoms with E-state index in [0.29, 0.717) is 23.0 Å². The maximum absolute atomic E-state index is 12.3. The normalized spacial score (nSPS) is 40.7. The van der Waals surface area contributed by atoms with Crippen LogP contribution in [0.2, 0.25) is 0 Å². The number of carbonyl (C=O) groups excluding carboxylic acids is 2. The van der Waals surface area contributed by atoms with Gasteiger partial charge in [0.25, 0.3) is 12.2 Å². The minimum absolute atomic E-state index is 0.0595. The van der Waals surface area contributed by atoms with Gasteiger partial charge in [0.15, 0.2) is 0 Å². The summed E-state index contributed by atoms with van der Waals surface area (Å²) in [5.41, 5.74) is 3.69. The first kappa shape index (κ1) is 13.0. The Kier molecular flexibility index (Phi) is 2.42. The molecule has 23 heavy (non-hydrogen) atoms. The topological polar surface area (TPSA) is 64.6 Å². The molecule has 2 fully saturated rings. The molecule has 4 unspecified atom stereocenters. The first-order valence-electron chi connectivity index (χ1n) is 7.92. The van der Waals surface area contributed by atoms with Crippen molar-refractivity contribution in [3.05, 3.63) is 34.6 Å². The monoisotopic (exact) mass is 309 g/mol. The zero-order valence-corrected chi connectivity index (χ0v) is 12.6. The molecular weight excluding hydrogens is 294 g/mol. The van der Waals surface area contributed by atoms with Gasteiger partial charge in [0.2, 0.25) is 0 Å². The van der Waals surface area contributed by atoms with E-state index in [1.165, 1.54) is 17.4 Å². The minimum Gasteiger partial charge on any atom is -0.458 e. The molecule has 0 aromatic rings. The molecule has 116 valence electrons. The van der Waals surface area contributed by atoms with Crippen LogP contribution in [0, 0.1) is 29.6 Å². The van der Waals surface area contributed by atoms with Gasteiger partial charge in [-0.1, -0.05) is 11.8 Å². The number of hydrogen-bond acceptors (Lipinski definition) is 4. The van der Waals surface area contributed by atoms with E-state index in [2.05, 4.69) is 17.2 Å². The molecule has 5 rings (SSSR count). The number of nitrogens with one attached hydrogen (secondary N) is 1. The molecule has 5 atom stereocenters. The zero-order chi connectivity index (χ0) is 15.7. The average Bonchev–Trinajstić information content (AvgIpc) is 2.99. The van der Waals surface area contributed by atoms with Crippen LogP contribution in [0.25, 0.3) is 0 Å². The summed E-state index contributed by atoms with van der Waals surface area (Å²) >= 11 is 0. The van der Waals surface area contributed by atoms with Crippen LogP contribution in [-0.4, -0.2) is 24.2 Å². The maximum atomic E-state index is 12.3. The Morgan fingerprint density at radius 3 is 3.09 bits per heavy atom. The summed E-state index contributed by atoms with van der Waals surface area (Å²) in [5, 5.41) is 3.03. The van der Waals surface area contributed by atoms with E-state index in [0.717, 1.165) is 12.8 Å². The molecule has 5 nitrogen and oxygen atoms in total. The van der Waals surface area contributed by atoms with Gasteiger partial charge in [-0.15, -0.1) is 0 Å². The predicted molar refractivity (Wildman–Crippen MR) is 79.2 cm³/mol. The lowest BCUT2D eigenvalue weighted by molar-refractivity contribution is -0.152. The van der Waals surface area contributed by atoms with Gasteiger partial charge in [-0.05, 0) is 24.8 Å². The Labute approximate surface area is 133 Å². The Morgan fingerprint density at radius 2 is 2.30 bits per heavy atom. The number of rotatable bonds is 2. The Hall–Kier alpha value is -2.48. The second kappa shape index (κ2) is 4.29. The summed E-state index contributed by atoms with van der Waals surface area (Å²) in [6.07, 6.45) is 4.28. The summed E-state index contributed by atoms with van der Waals surface area (Å²) in [6, 6.07) is 0.0967. The summed E-state index contributed by atoms with van der Waals surface area (Å²) in [6.45, 7) is 1.68. The number of fused-ring (bicyclic) bond motifs is 4. The Bertz CT molecular complexity index is 807. The smallest absolute Gasteiger partial charge is 0.336 e. The Balaban J connectivity index is 1.43. The van der Waals surface area contributed by atoms with Crippen molar-refractivity contribution in [3.8, 4) is 11.8 Å². The molecule has 1 amide bonds. The quantitative estimate of drug-likeness (QED) is 0.360. The van der Waals surface area contributed by atoms with E-state index in [1.54, 1.807) is 13.0 Å². The molecular formula is C18H15NO4. The van der Waals surface area contributed by atoms with Crippen molar-refractivity contribution >= 4 is 11.9 Å². The van der Waals surface area contributed by atoms with Gasteiger partial charge in [0.05, 0.1) is 11.8 Å². The van der Waals surface area contributed by atoms with Crippen LogP contribution in [0.1, 0.15) is 19.8 Å². The summed E-state index contributed by atoms with van der Waals surface area (Å²) in [7, 11) is 0. The van der Waals surface area contributed by atoms with E-state index < -0.39 is 6.29 Å². The van der Waals surface area contributed by atoms with Crippen molar-refractivity contribution in [1.29, 1.82) is 0 Å². The van der Waals surface area contributed by atoms with Gasteiger partial charge in [0.1, 0.15) is 0 Å². The molecule has 5 heteroatoms. The van der Waals surface area contributed by atoms with Crippen LogP contribution in [0.15, 0.2) is 34.6 Å². The van der Waals surface area contributed by atoms with Gasteiger partial charge in [-0.2, -0.15) is 0 Å². The third-order valence-electron chi connectivity index (χ3n) is 5.28. The van der Waals surface area contributed by atoms with E-state index in [1.807, 2.05) is 0 Å². The molecule has 0 aromatic heterocycles. The Morgan fingerprint density at radius 1 is 1.43 bits per heavy atom. The highest BCUT2D eigenvalue weighted by molar-refractivity contribution is 5.98. The van der Waals surface area contributed by atoms with Crippen molar-refractivity contribution < 1.29 is 19.1 Å². The summed E-state index contributed by atoms with van der Waals surface area (Å²) < 4.78 is 10.6. The molecule has 0 bridgehead atoms. The van der Waals surface area contributed by atoms with Crippen molar-refractivity contribution in [1.82, 2.24) is 5.32 Å². The molecule has 2 aliphatic heterocycles. The van der Waals surface area contributed by atoms with E-state index in [9.17, 15) is 9.59 Å². The number of carbonyl (C=O) groups is 2. The SMILES string of the molecule is CC1=CC(O/C=C2/C(=O)NC3CC4=C(C5CC5C#C4)[C@H]23)OC1=O. The van der Waals surface area contributed by atoms with Gasteiger partial charge >= 0.3 is 5.97 Å². The van der Waals surface area contributed by atoms with Gasteiger partial charge < -0.3 is 14.8 Å². The lowest BCUT2D eigenvalue weighted by atomic mass is 9.88. The predicted octanol–water partition coefficient (Wildman–Crippen LogP) is 1.18. The van der Waals surface area contributed by atoms with Crippen molar-refractivity contribution in [2.75, 3.05) is 0 Å². The van der Waals surface area contributed by atoms with E-state index in [4.69, 9.17) is 9.47 Å². The molecule has 1 saturated carbocycles. The molecule has 2 heterocycles. The van der Waals surface area contributed by atoms with Gasteiger partial charge in [-0.3, -0.25) is 4.79 Å². The van der Waals surface area contributed by atoms with Crippen LogP contribution in [-0.2, 0) is 19.1 Å². The molecule has 0 aromatic carbocycles. The molecule has 0 radical (unpaired) electrons. The largest absolute Gasteiger partial charge is 0.458 e. The van der Waals surface area contributed by atoms with Crippen LogP contribution >= 0.6 is 0 Å².